The van der Waals surface area contributed by atoms with Crippen molar-refractivity contribution < 1.29 is 4.79 Å². The van der Waals surface area contributed by atoms with E-state index in [9.17, 15) is 9.59 Å². The quantitative estimate of drug-likeness (QED) is 0.159. The summed E-state index contributed by atoms with van der Waals surface area (Å²) in [7, 11) is 0. The summed E-state index contributed by atoms with van der Waals surface area (Å²) < 4.78 is 1.66. The molecule has 14 heteroatoms. The van der Waals surface area contributed by atoms with Crippen LogP contribution in [0.1, 0.15) is 5.82 Å². The first kappa shape index (κ1) is 24.4. The van der Waals surface area contributed by atoms with E-state index in [2.05, 4.69) is 25.2 Å². The fourth-order valence-corrected chi connectivity index (χ4v) is 3.09. The van der Waals surface area contributed by atoms with Gasteiger partial charge in [0, 0.05) is 6.07 Å². The maximum atomic E-state index is 11.4. The number of amidine groups is 1. The number of fused-ring (bicyclic) bond motifs is 1. The molecule has 0 aliphatic rings. The molecule has 0 spiro atoms. The van der Waals surface area contributed by atoms with Gasteiger partial charge in [-0.1, -0.05) is 29.3 Å². The van der Waals surface area contributed by atoms with Crippen molar-refractivity contribution in [1.29, 1.82) is 5.41 Å². The minimum atomic E-state index is -0.967. The molecule has 8 N–H and O–H groups in total. The van der Waals surface area contributed by atoms with E-state index in [-0.39, 0.29) is 11.4 Å². The van der Waals surface area contributed by atoms with Crippen LogP contribution in [-0.4, -0.2) is 42.0 Å². The van der Waals surface area contributed by atoms with Gasteiger partial charge in [-0.15, -0.1) is 0 Å². The van der Waals surface area contributed by atoms with E-state index in [1.54, 1.807) is 41.7 Å². The Balaban J connectivity index is 0.000000302. The van der Waals surface area contributed by atoms with Gasteiger partial charge in [0.1, 0.15) is 17.2 Å². The zero-order chi connectivity index (χ0) is 25.0. The monoisotopic (exact) mass is 500 g/mol. The van der Waals surface area contributed by atoms with E-state index >= 15 is 0 Å². The summed E-state index contributed by atoms with van der Waals surface area (Å²) in [6.45, 7) is 1.68. The van der Waals surface area contributed by atoms with Crippen LogP contribution in [0.25, 0.3) is 17.2 Å². The molecule has 0 saturated carbocycles. The molecule has 3 aromatic heterocycles. The molecule has 0 saturated heterocycles. The highest BCUT2D eigenvalue weighted by Gasteiger charge is 2.13. The van der Waals surface area contributed by atoms with Crippen molar-refractivity contribution >= 4 is 57.7 Å². The van der Waals surface area contributed by atoms with E-state index in [4.69, 9.17) is 45.8 Å². The Morgan fingerprint density at radius 3 is 2.41 bits per heavy atom. The first-order valence-corrected chi connectivity index (χ1v) is 10.2. The molecule has 4 aromatic rings. The standard InChI is InChI=1S/C14H13N9O2.C6H5Cl2N/c1-6-19-10(24)4-9-21-22-14(23(6)9)8-3-2-7(5-18-8)20-12(16)11(15)13(17)25;7-4-2-1-3-5(8)6(4)9/h2-5,15,21H,1H3,(H2,16,20)(H2,17,25);1-3H,9H2. The lowest BCUT2D eigenvalue weighted by Crippen LogP contribution is -2.34. The zero-order valence-corrected chi connectivity index (χ0v) is 19.1. The number of anilines is 1. The van der Waals surface area contributed by atoms with Crippen molar-refractivity contribution in [3.05, 3.63) is 68.8 Å². The van der Waals surface area contributed by atoms with Crippen LogP contribution in [0.2, 0.25) is 10.0 Å². The highest BCUT2D eigenvalue weighted by Crippen LogP contribution is 2.25. The highest BCUT2D eigenvalue weighted by molar-refractivity contribution is 6.65. The summed E-state index contributed by atoms with van der Waals surface area (Å²) >= 11 is 11.2. The number of hydrogen-bond acceptors (Lipinski definition) is 8. The smallest absolute Gasteiger partial charge is 0.275 e. The molecule has 4 rings (SSSR count). The summed E-state index contributed by atoms with van der Waals surface area (Å²) in [5.74, 6) is -0.335. The summed E-state index contributed by atoms with van der Waals surface area (Å²) in [5, 5.41) is 15.3. The Hall–Kier alpha value is -4.29. The SMILES string of the molecule is Cc1nc(=O)cc2[nH]nc(-c3ccc(N=C(N)C(=N)C(N)=O)cn3)n12.Nc1c(Cl)cccc1Cl. The average Bonchev–Trinajstić information content (AvgIpc) is 3.22. The normalized spacial score (nSPS) is 11.1. The van der Waals surface area contributed by atoms with Crippen LogP contribution in [0.5, 0.6) is 0 Å². The predicted molar refractivity (Wildman–Crippen MR) is 131 cm³/mol. The number of aromatic nitrogens is 5. The third kappa shape index (κ3) is 5.36. The van der Waals surface area contributed by atoms with Gasteiger partial charge >= 0.3 is 0 Å². The lowest BCUT2D eigenvalue weighted by molar-refractivity contribution is -0.111. The number of H-pyrrole nitrogens is 1. The van der Waals surface area contributed by atoms with Crippen LogP contribution >= 0.6 is 23.2 Å². The van der Waals surface area contributed by atoms with Crippen LogP contribution in [0.3, 0.4) is 0 Å². The number of halogens is 2. The van der Waals surface area contributed by atoms with Crippen molar-refractivity contribution in [2.45, 2.75) is 6.92 Å². The molecule has 0 unspecified atom stereocenters. The van der Waals surface area contributed by atoms with Gasteiger partial charge in [0.15, 0.2) is 17.4 Å². The number of aromatic amines is 1. The van der Waals surface area contributed by atoms with Crippen molar-refractivity contribution in [2.24, 2.45) is 16.5 Å². The molecule has 3 heterocycles. The maximum absolute atomic E-state index is 11.4. The van der Waals surface area contributed by atoms with E-state index in [0.29, 0.717) is 44.4 Å². The van der Waals surface area contributed by atoms with Crippen molar-refractivity contribution in [3.8, 4) is 11.5 Å². The number of nitrogens with two attached hydrogens (primary N) is 3. The third-order valence-corrected chi connectivity index (χ3v) is 4.97. The minimum Gasteiger partial charge on any atom is -0.396 e. The third-order valence-electron chi connectivity index (χ3n) is 4.31. The number of nitrogens with zero attached hydrogens (tertiary/aromatic N) is 5. The topological polar surface area (TPSA) is 207 Å². The van der Waals surface area contributed by atoms with E-state index in [0.717, 1.165) is 0 Å². The van der Waals surface area contributed by atoms with Gasteiger partial charge in [0.2, 0.25) is 0 Å². The molecule has 34 heavy (non-hydrogen) atoms. The van der Waals surface area contributed by atoms with Gasteiger partial charge in [-0.2, -0.15) is 10.1 Å². The number of rotatable bonds is 4. The Labute approximate surface area is 202 Å². The first-order valence-electron chi connectivity index (χ1n) is 9.42. The molecule has 0 aliphatic carbocycles. The molecule has 0 aliphatic heterocycles. The lowest BCUT2D eigenvalue weighted by atomic mass is 10.3. The van der Waals surface area contributed by atoms with E-state index in [1.165, 1.54) is 12.3 Å². The number of pyridine rings is 1. The van der Waals surface area contributed by atoms with Gasteiger partial charge in [-0.25, -0.2) is 4.99 Å². The van der Waals surface area contributed by atoms with Gasteiger partial charge in [-0.3, -0.25) is 29.5 Å². The number of amides is 1. The summed E-state index contributed by atoms with van der Waals surface area (Å²) in [6.07, 6.45) is 1.41. The second kappa shape index (κ2) is 10.1. The number of primary amides is 1. The second-order valence-electron chi connectivity index (χ2n) is 6.68. The number of aryl methyl sites for hydroxylation is 1. The number of nitrogens with one attached hydrogen (secondary N) is 2. The van der Waals surface area contributed by atoms with Gasteiger partial charge in [0.25, 0.3) is 11.5 Å². The molecular weight excluding hydrogens is 483 g/mol. The van der Waals surface area contributed by atoms with Crippen molar-refractivity contribution in [1.82, 2.24) is 24.6 Å². The molecular formula is C20H18Cl2N10O2. The van der Waals surface area contributed by atoms with Crippen LogP contribution in [0.15, 0.2) is 52.4 Å². The number of para-hydroxylation sites is 1. The summed E-state index contributed by atoms with van der Waals surface area (Å²) in [4.78, 5) is 34.3. The summed E-state index contributed by atoms with van der Waals surface area (Å²) in [6, 6.07) is 9.70. The Morgan fingerprint density at radius 1 is 1.18 bits per heavy atom. The molecule has 0 radical (unpaired) electrons. The minimum absolute atomic E-state index is 0.301. The predicted octanol–water partition coefficient (Wildman–Crippen LogP) is 1.86. The molecule has 1 amide bonds. The van der Waals surface area contributed by atoms with Crippen LogP contribution in [0.4, 0.5) is 11.4 Å². The Morgan fingerprint density at radius 2 is 1.85 bits per heavy atom. The molecule has 1 aromatic carbocycles. The molecule has 0 bridgehead atoms. The number of carbonyl (C=O) groups is 1. The summed E-state index contributed by atoms with van der Waals surface area (Å²) in [5.41, 5.74) is 16.8. The van der Waals surface area contributed by atoms with Gasteiger partial charge in [-0.05, 0) is 31.2 Å². The molecule has 174 valence electrons. The lowest BCUT2D eigenvalue weighted by Gasteiger charge is -2.03. The number of benzene rings is 1. The maximum Gasteiger partial charge on any atom is 0.275 e. The van der Waals surface area contributed by atoms with Gasteiger partial charge < -0.3 is 17.2 Å². The second-order valence-corrected chi connectivity index (χ2v) is 7.50. The van der Waals surface area contributed by atoms with Crippen LogP contribution in [-0.2, 0) is 4.79 Å². The average molecular weight is 501 g/mol. The van der Waals surface area contributed by atoms with Gasteiger partial charge in [0.05, 0.1) is 27.6 Å². The molecule has 0 atom stereocenters. The van der Waals surface area contributed by atoms with Crippen molar-refractivity contribution in [2.75, 3.05) is 5.73 Å². The number of hydrogen-bond donors (Lipinski definition) is 5. The zero-order valence-electron chi connectivity index (χ0n) is 17.6. The molecule has 0 fully saturated rings. The Kier molecular flexibility index (Phi) is 7.24. The number of nitrogen functional groups attached to an aromatic ring is 1. The number of aliphatic imine (C=N–C) groups is 1. The Bertz CT molecular complexity index is 1450. The van der Waals surface area contributed by atoms with Crippen LogP contribution in [0, 0.1) is 12.3 Å². The van der Waals surface area contributed by atoms with Crippen LogP contribution < -0.4 is 22.8 Å². The number of carbonyl (C=O) groups excluding carboxylic acids is 1. The fourth-order valence-electron chi connectivity index (χ4n) is 2.70. The highest BCUT2D eigenvalue weighted by atomic mass is 35.5. The largest absolute Gasteiger partial charge is 0.396 e. The van der Waals surface area contributed by atoms with E-state index < -0.39 is 11.6 Å². The van der Waals surface area contributed by atoms with Crippen molar-refractivity contribution in [3.63, 3.8) is 0 Å². The first-order chi connectivity index (χ1) is 16.1. The molecule has 12 nitrogen and oxygen atoms in total. The van der Waals surface area contributed by atoms with E-state index in [1.807, 2.05) is 0 Å². The fraction of sp³-hybridized carbons (Fsp3) is 0.0500.